The summed E-state index contributed by atoms with van der Waals surface area (Å²) < 4.78 is 40.6. The van der Waals surface area contributed by atoms with Gasteiger partial charge in [0.05, 0.1) is 33.7 Å². The maximum atomic E-state index is 14.8. The number of aromatic nitrogens is 2. The first-order chi connectivity index (χ1) is 15.6. The molecule has 0 atom stereocenters. The predicted molar refractivity (Wildman–Crippen MR) is 129 cm³/mol. The van der Waals surface area contributed by atoms with E-state index < -0.39 is 27.3 Å². The van der Waals surface area contributed by atoms with Crippen LogP contribution in [-0.2, 0) is 10.0 Å². The van der Waals surface area contributed by atoms with Gasteiger partial charge < -0.3 is 0 Å². The van der Waals surface area contributed by atoms with Crippen LogP contribution in [0.2, 0.25) is 10.0 Å². The third-order valence-electron chi connectivity index (χ3n) is 4.69. The lowest BCUT2D eigenvalue weighted by molar-refractivity contribution is 0.0978. The van der Waals surface area contributed by atoms with Crippen LogP contribution in [0.1, 0.15) is 21.6 Å². The van der Waals surface area contributed by atoms with Crippen molar-refractivity contribution in [2.75, 3.05) is 6.26 Å². The molecule has 1 amide bonds. The van der Waals surface area contributed by atoms with Gasteiger partial charge in [-0.3, -0.25) is 4.79 Å². The molecule has 0 unspecified atom stereocenters. The summed E-state index contributed by atoms with van der Waals surface area (Å²) in [6.45, 7) is 0. The Hall–Kier alpha value is -3.20. The number of hydrogen-bond acceptors (Lipinski definition) is 4. The van der Waals surface area contributed by atoms with Gasteiger partial charge in [-0.15, -0.1) is 0 Å². The summed E-state index contributed by atoms with van der Waals surface area (Å²) in [6, 6.07) is 16.9. The van der Waals surface area contributed by atoms with Crippen LogP contribution in [0.15, 0.2) is 60.7 Å². The molecule has 0 fully saturated rings. The van der Waals surface area contributed by atoms with Crippen LogP contribution in [0.5, 0.6) is 0 Å². The van der Waals surface area contributed by atoms with Gasteiger partial charge in [0.1, 0.15) is 5.82 Å². The van der Waals surface area contributed by atoms with E-state index >= 15 is 0 Å². The normalized spacial score (nSPS) is 11.9. The zero-order valence-electron chi connectivity index (χ0n) is 17.1. The van der Waals surface area contributed by atoms with Crippen molar-refractivity contribution in [2.45, 2.75) is 0 Å². The average molecular weight is 504 g/mol. The second-order valence-corrected chi connectivity index (χ2v) is 9.78. The number of nitrogens with one attached hydrogen (secondary N) is 1. The van der Waals surface area contributed by atoms with Gasteiger partial charge in [-0.25, -0.2) is 22.2 Å². The van der Waals surface area contributed by atoms with Crippen LogP contribution in [-0.4, -0.2) is 30.4 Å². The highest BCUT2D eigenvalue weighted by atomic mass is 35.5. The van der Waals surface area contributed by atoms with Gasteiger partial charge in [-0.1, -0.05) is 59.6 Å². The molecule has 10 heteroatoms. The maximum absolute atomic E-state index is 14.8. The Bertz CT molecular complexity index is 1520. The molecule has 0 aliphatic carbocycles. The molecule has 0 spiro atoms. The summed E-state index contributed by atoms with van der Waals surface area (Å²) in [5.41, 5.74) is 1.83. The molecule has 0 saturated carbocycles. The molecule has 4 aromatic rings. The number of rotatable bonds is 5. The third-order valence-corrected chi connectivity index (χ3v) is 5.79. The predicted octanol–water partition coefficient (Wildman–Crippen LogP) is 5.33. The van der Waals surface area contributed by atoms with Gasteiger partial charge in [0.15, 0.2) is 0 Å². The Balaban J connectivity index is 1.82. The van der Waals surface area contributed by atoms with E-state index in [9.17, 15) is 17.6 Å². The lowest BCUT2D eigenvalue weighted by Gasteiger charge is -2.10. The minimum atomic E-state index is -3.87. The molecule has 33 heavy (non-hydrogen) atoms. The van der Waals surface area contributed by atoms with E-state index in [1.54, 1.807) is 22.9 Å². The van der Waals surface area contributed by atoms with E-state index in [1.807, 2.05) is 42.5 Å². The SMILES string of the molecule is CS(=O)(=O)NC(=O)c1cc(Cl)c(-n2nc(/C=C/c3ccccc3)c3cc(Cl)ccc32)cc1F. The van der Waals surface area contributed by atoms with Crippen molar-refractivity contribution in [1.82, 2.24) is 14.5 Å². The number of sulfonamides is 1. The summed E-state index contributed by atoms with van der Waals surface area (Å²) in [4.78, 5) is 12.1. The lowest BCUT2D eigenvalue weighted by atomic mass is 10.1. The van der Waals surface area contributed by atoms with E-state index in [0.29, 0.717) is 21.6 Å². The van der Waals surface area contributed by atoms with Gasteiger partial charge in [0.25, 0.3) is 5.91 Å². The van der Waals surface area contributed by atoms with Crippen molar-refractivity contribution in [3.63, 3.8) is 0 Å². The first-order valence-electron chi connectivity index (χ1n) is 9.55. The molecule has 6 nitrogen and oxygen atoms in total. The fraction of sp³-hybridized carbons (Fsp3) is 0.0435. The van der Waals surface area contributed by atoms with Crippen LogP contribution < -0.4 is 4.72 Å². The molecular formula is C23H16Cl2FN3O3S. The molecule has 0 radical (unpaired) electrons. The molecule has 1 heterocycles. The standard InChI is InChI=1S/C23H16Cl2FN3O3S/c1-33(31,32)28-23(30)16-12-18(25)22(13-19(16)26)29-21-10-8-15(24)11-17(21)20(27-29)9-7-14-5-3-2-4-6-14/h2-13H,1H3,(H,28,30)/b9-7+. The van der Waals surface area contributed by atoms with Crippen molar-refractivity contribution < 1.29 is 17.6 Å². The summed E-state index contributed by atoms with van der Waals surface area (Å²) >= 11 is 12.6. The van der Waals surface area contributed by atoms with Gasteiger partial charge in [0.2, 0.25) is 10.0 Å². The van der Waals surface area contributed by atoms with Crippen LogP contribution in [0, 0.1) is 5.82 Å². The maximum Gasteiger partial charge on any atom is 0.267 e. The first-order valence-corrected chi connectivity index (χ1v) is 12.2. The zero-order valence-corrected chi connectivity index (χ0v) is 19.4. The van der Waals surface area contributed by atoms with Crippen molar-refractivity contribution >= 4 is 62.2 Å². The van der Waals surface area contributed by atoms with E-state index in [-0.39, 0.29) is 10.7 Å². The van der Waals surface area contributed by atoms with Crippen molar-refractivity contribution in [1.29, 1.82) is 0 Å². The molecule has 0 saturated heterocycles. The zero-order chi connectivity index (χ0) is 23.8. The molecule has 0 aliphatic rings. The molecule has 1 aromatic heterocycles. The molecule has 3 aromatic carbocycles. The van der Waals surface area contributed by atoms with Gasteiger partial charge in [0, 0.05) is 16.5 Å². The fourth-order valence-corrected chi connectivity index (χ4v) is 4.12. The Kier molecular flexibility index (Phi) is 6.25. The topological polar surface area (TPSA) is 81.1 Å². The van der Waals surface area contributed by atoms with Crippen molar-refractivity contribution in [3.05, 3.63) is 93.3 Å². The second kappa shape index (κ2) is 8.97. The highest BCUT2D eigenvalue weighted by Gasteiger charge is 2.20. The molecule has 168 valence electrons. The number of nitrogens with zero attached hydrogens (tertiary/aromatic N) is 2. The monoisotopic (exact) mass is 503 g/mol. The fourth-order valence-electron chi connectivity index (χ4n) is 3.26. The van der Waals surface area contributed by atoms with Crippen LogP contribution in [0.25, 0.3) is 28.7 Å². The summed E-state index contributed by atoms with van der Waals surface area (Å²) in [5, 5.41) is 5.80. The van der Waals surface area contributed by atoms with Gasteiger partial charge in [-0.2, -0.15) is 5.10 Å². The summed E-state index contributed by atoms with van der Waals surface area (Å²) in [6.07, 6.45) is 4.49. The van der Waals surface area contributed by atoms with Gasteiger partial charge >= 0.3 is 0 Å². The summed E-state index contributed by atoms with van der Waals surface area (Å²) in [7, 11) is -3.87. The largest absolute Gasteiger partial charge is 0.268 e. The van der Waals surface area contributed by atoms with E-state index in [2.05, 4.69) is 5.10 Å². The average Bonchev–Trinajstić information content (AvgIpc) is 3.10. The Morgan fingerprint density at radius 3 is 2.48 bits per heavy atom. The number of benzene rings is 3. The first kappa shape index (κ1) is 23.0. The van der Waals surface area contributed by atoms with Gasteiger partial charge in [-0.05, 0) is 35.9 Å². The number of amides is 1. The third kappa shape index (κ3) is 5.08. The molecule has 1 N–H and O–H groups in total. The number of halogens is 3. The summed E-state index contributed by atoms with van der Waals surface area (Å²) in [5.74, 6) is -2.07. The van der Waals surface area contributed by atoms with Crippen molar-refractivity contribution in [3.8, 4) is 5.69 Å². The number of carbonyl (C=O) groups excluding carboxylic acids is 1. The molecule has 4 rings (SSSR count). The van der Waals surface area contributed by atoms with E-state index in [1.165, 1.54) is 4.68 Å². The number of carbonyl (C=O) groups is 1. The van der Waals surface area contributed by atoms with Crippen LogP contribution >= 0.6 is 23.2 Å². The minimum absolute atomic E-state index is 0.00740. The van der Waals surface area contributed by atoms with E-state index in [4.69, 9.17) is 23.2 Å². The lowest BCUT2D eigenvalue weighted by Crippen LogP contribution is -2.30. The second-order valence-electron chi connectivity index (χ2n) is 7.19. The van der Waals surface area contributed by atoms with E-state index in [0.717, 1.165) is 24.0 Å². The smallest absolute Gasteiger partial charge is 0.267 e. The molecule has 0 aliphatic heterocycles. The highest BCUT2D eigenvalue weighted by Crippen LogP contribution is 2.31. The van der Waals surface area contributed by atoms with Crippen LogP contribution in [0.4, 0.5) is 4.39 Å². The Morgan fingerprint density at radius 1 is 1.06 bits per heavy atom. The Morgan fingerprint density at radius 2 is 1.79 bits per heavy atom. The molecular weight excluding hydrogens is 488 g/mol. The number of fused-ring (bicyclic) bond motifs is 1. The minimum Gasteiger partial charge on any atom is -0.268 e. The quantitative estimate of drug-likeness (QED) is 0.399. The van der Waals surface area contributed by atoms with Crippen LogP contribution in [0.3, 0.4) is 0 Å². The Labute approximate surface area is 199 Å². The number of hydrogen-bond donors (Lipinski definition) is 1. The van der Waals surface area contributed by atoms with Crippen molar-refractivity contribution in [2.24, 2.45) is 0 Å². The molecule has 0 bridgehead atoms. The highest BCUT2D eigenvalue weighted by molar-refractivity contribution is 7.89.